The Balaban J connectivity index is 1.65. The van der Waals surface area contributed by atoms with Gasteiger partial charge in [0.05, 0.1) is 6.54 Å². The molecule has 6 nitrogen and oxygen atoms in total. The second-order valence-electron chi connectivity index (χ2n) is 6.93. The smallest absolute Gasteiger partial charge is 0.246 e. The van der Waals surface area contributed by atoms with Gasteiger partial charge >= 0.3 is 0 Å². The number of carbonyl (C=O) groups is 1. The summed E-state index contributed by atoms with van der Waals surface area (Å²) in [4.78, 5) is 19.5. The van der Waals surface area contributed by atoms with Crippen LogP contribution in [0.4, 0.5) is 5.69 Å². The summed E-state index contributed by atoms with van der Waals surface area (Å²) in [5.41, 5.74) is 1.93. The number of halogens is 1. The first kappa shape index (κ1) is 16.9. The lowest BCUT2D eigenvalue weighted by Crippen LogP contribution is -2.42. The molecule has 0 radical (unpaired) electrons. The quantitative estimate of drug-likeness (QED) is 0.514. The fourth-order valence-corrected chi connectivity index (χ4v) is 4.15. The third kappa shape index (κ3) is 2.21. The summed E-state index contributed by atoms with van der Waals surface area (Å²) in [5.74, 6) is -0.311. The molecule has 1 spiro atoms. The van der Waals surface area contributed by atoms with Crippen LogP contribution in [0.15, 0.2) is 54.7 Å². The maximum Gasteiger partial charge on any atom is 0.246 e. The second-order valence-corrected chi connectivity index (χ2v) is 7.32. The van der Waals surface area contributed by atoms with E-state index >= 15 is 0 Å². The Morgan fingerprint density at radius 2 is 1.89 bits per heavy atom. The van der Waals surface area contributed by atoms with Gasteiger partial charge in [0.1, 0.15) is 22.9 Å². The van der Waals surface area contributed by atoms with Crippen molar-refractivity contribution in [3.8, 4) is 17.2 Å². The van der Waals surface area contributed by atoms with Gasteiger partial charge in [-0.25, -0.2) is 4.98 Å². The third-order valence-corrected chi connectivity index (χ3v) is 5.60. The Hall–Kier alpha value is -3.25. The number of benzene rings is 2. The van der Waals surface area contributed by atoms with Gasteiger partial charge in [0.2, 0.25) is 5.91 Å². The number of rotatable bonds is 2. The number of hydrogen-bond donors (Lipinski definition) is 2. The van der Waals surface area contributed by atoms with Crippen molar-refractivity contribution in [3.05, 3.63) is 76.6 Å². The van der Waals surface area contributed by atoms with E-state index in [1.165, 1.54) is 12.1 Å². The molecular formula is C21H15ClN2O4. The molecule has 0 fully saturated rings. The van der Waals surface area contributed by atoms with Crippen molar-refractivity contribution in [2.45, 2.75) is 12.0 Å². The standard InChI is InChI=1S/C21H15ClN2O4/c22-19-6-5-12(9-23-19)10-24-15-4-2-1-3-13(15)21(20(24)27)11-28-18-8-17(26)16(25)7-14(18)21/h1-9,25-26H,10-11H2. The molecule has 3 aromatic rings. The van der Waals surface area contributed by atoms with E-state index in [-0.39, 0.29) is 24.0 Å². The number of hydrogen-bond acceptors (Lipinski definition) is 5. The minimum absolute atomic E-state index is 0.108. The SMILES string of the molecule is O=C1N(Cc2ccc(Cl)nc2)c2ccccc2C12COc1cc(O)c(O)cc12. The summed E-state index contributed by atoms with van der Waals surface area (Å²) in [7, 11) is 0. The molecule has 1 atom stereocenters. The van der Waals surface area contributed by atoms with E-state index in [9.17, 15) is 15.0 Å². The summed E-state index contributed by atoms with van der Waals surface area (Å²) in [6.07, 6.45) is 1.65. The molecule has 2 aliphatic rings. The van der Waals surface area contributed by atoms with Crippen LogP contribution in [0.5, 0.6) is 17.2 Å². The average molecular weight is 395 g/mol. The van der Waals surface area contributed by atoms with Gasteiger partial charge in [0.15, 0.2) is 11.5 Å². The normalized spacial score (nSPS) is 19.6. The van der Waals surface area contributed by atoms with Crippen LogP contribution < -0.4 is 9.64 Å². The molecule has 3 heterocycles. The first-order valence-electron chi connectivity index (χ1n) is 8.72. The monoisotopic (exact) mass is 394 g/mol. The van der Waals surface area contributed by atoms with E-state index in [1.807, 2.05) is 30.3 Å². The van der Waals surface area contributed by atoms with E-state index in [4.69, 9.17) is 16.3 Å². The fourth-order valence-electron chi connectivity index (χ4n) is 4.04. The zero-order valence-corrected chi connectivity index (χ0v) is 15.3. The van der Waals surface area contributed by atoms with Crippen LogP contribution in [-0.4, -0.2) is 27.7 Å². The van der Waals surface area contributed by atoms with E-state index in [0.717, 1.165) is 16.8 Å². The van der Waals surface area contributed by atoms with Gasteiger partial charge in [-0.1, -0.05) is 35.9 Å². The number of carbonyl (C=O) groups excluding carboxylic acids is 1. The molecule has 2 aliphatic heterocycles. The van der Waals surface area contributed by atoms with Crippen LogP contribution in [0.2, 0.25) is 5.15 Å². The number of phenolic OH excluding ortho intramolecular Hbond substituents is 2. The number of amides is 1. The molecule has 28 heavy (non-hydrogen) atoms. The van der Waals surface area contributed by atoms with Crippen LogP contribution in [0.25, 0.3) is 0 Å². The molecule has 0 saturated heterocycles. The first-order chi connectivity index (χ1) is 13.5. The Kier molecular flexibility index (Phi) is 3.54. The largest absolute Gasteiger partial charge is 0.504 e. The van der Waals surface area contributed by atoms with Gasteiger partial charge in [-0.3, -0.25) is 4.79 Å². The highest BCUT2D eigenvalue weighted by Gasteiger charge is 2.57. The van der Waals surface area contributed by atoms with Crippen molar-refractivity contribution in [2.75, 3.05) is 11.5 Å². The molecule has 140 valence electrons. The minimum Gasteiger partial charge on any atom is -0.504 e. The lowest BCUT2D eigenvalue weighted by Gasteiger charge is -2.23. The third-order valence-electron chi connectivity index (χ3n) is 5.37. The predicted octanol–water partition coefficient (Wildman–Crippen LogP) is 3.37. The molecule has 0 aliphatic carbocycles. The number of phenols is 2. The number of pyridine rings is 1. The fraction of sp³-hybridized carbons (Fsp3) is 0.143. The van der Waals surface area contributed by atoms with E-state index in [0.29, 0.717) is 23.0 Å². The molecule has 7 heteroatoms. The number of anilines is 1. The summed E-state index contributed by atoms with van der Waals surface area (Å²) in [6, 6.07) is 13.8. The van der Waals surface area contributed by atoms with Crippen LogP contribution in [0.3, 0.4) is 0 Å². The highest BCUT2D eigenvalue weighted by Crippen LogP contribution is 2.54. The molecule has 0 bridgehead atoms. The first-order valence-corrected chi connectivity index (χ1v) is 9.09. The lowest BCUT2D eigenvalue weighted by atomic mass is 9.77. The van der Waals surface area contributed by atoms with Crippen molar-refractivity contribution in [1.82, 2.24) is 4.98 Å². The zero-order valence-electron chi connectivity index (χ0n) is 14.6. The van der Waals surface area contributed by atoms with Crippen LogP contribution in [0.1, 0.15) is 16.7 Å². The number of ether oxygens (including phenoxy) is 1. The Morgan fingerprint density at radius 3 is 2.68 bits per heavy atom. The van der Waals surface area contributed by atoms with Crippen molar-refractivity contribution in [1.29, 1.82) is 0 Å². The molecule has 0 saturated carbocycles. The van der Waals surface area contributed by atoms with Gasteiger partial charge in [0, 0.05) is 23.5 Å². The summed E-state index contributed by atoms with van der Waals surface area (Å²) >= 11 is 5.87. The highest BCUT2D eigenvalue weighted by atomic mass is 35.5. The molecule has 1 amide bonds. The van der Waals surface area contributed by atoms with E-state index in [2.05, 4.69) is 4.98 Å². The summed E-state index contributed by atoms with van der Waals surface area (Å²) in [5, 5.41) is 20.2. The molecule has 5 rings (SSSR count). The predicted molar refractivity (Wildman–Crippen MR) is 103 cm³/mol. The van der Waals surface area contributed by atoms with Gasteiger partial charge in [-0.2, -0.15) is 0 Å². The molecule has 1 unspecified atom stereocenters. The average Bonchev–Trinajstić information content (AvgIpc) is 3.17. The molecule has 2 aromatic carbocycles. The molecule has 2 N–H and O–H groups in total. The van der Waals surface area contributed by atoms with Crippen LogP contribution >= 0.6 is 11.6 Å². The Bertz CT molecular complexity index is 1120. The maximum atomic E-state index is 13.7. The Morgan fingerprint density at radius 1 is 1.11 bits per heavy atom. The zero-order chi connectivity index (χ0) is 19.5. The van der Waals surface area contributed by atoms with E-state index < -0.39 is 5.41 Å². The highest BCUT2D eigenvalue weighted by molar-refractivity contribution is 6.29. The van der Waals surface area contributed by atoms with Crippen molar-refractivity contribution >= 4 is 23.2 Å². The number of nitrogens with zero attached hydrogens (tertiary/aromatic N) is 2. The topological polar surface area (TPSA) is 82.9 Å². The maximum absolute atomic E-state index is 13.7. The summed E-state index contributed by atoms with van der Waals surface area (Å²) in [6.45, 7) is 0.442. The van der Waals surface area contributed by atoms with Crippen LogP contribution in [-0.2, 0) is 16.8 Å². The van der Waals surface area contributed by atoms with Gasteiger partial charge in [0.25, 0.3) is 0 Å². The van der Waals surface area contributed by atoms with Crippen LogP contribution in [0, 0.1) is 0 Å². The lowest BCUT2D eigenvalue weighted by molar-refractivity contribution is -0.122. The molecular weight excluding hydrogens is 380 g/mol. The molecule has 1 aromatic heterocycles. The Labute approximate surface area is 165 Å². The summed E-state index contributed by atoms with van der Waals surface area (Å²) < 4.78 is 5.77. The number of aromatic nitrogens is 1. The van der Waals surface area contributed by atoms with E-state index in [1.54, 1.807) is 17.2 Å². The second kappa shape index (κ2) is 5.87. The van der Waals surface area contributed by atoms with Crippen molar-refractivity contribution in [3.63, 3.8) is 0 Å². The van der Waals surface area contributed by atoms with Gasteiger partial charge in [-0.15, -0.1) is 0 Å². The minimum atomic E-state index is -1.06. The van der Waals surface area contributed by atoms with Crippen molar-refractivity contribution < 1.29 is 19.7 Å². The number of aromatic hydroxyl groups is 2. The van der Waals surface area contributed by atoms with Crippen molar-refractivity contribution in [2.24, 2.45) is 0 Å². The number of para-hydroxylation sites is 1. The van der Waals surface area contributed by atoms with Gasteiger partial charge in [-0.05, 0) is 29.3 Å². The number of fused-ring (bicyclic) bond motifs is 4. The van der Waals surface area contributed by atoms with Gasteiger partial charge < -0.3 is 19.8 Å².